The number of benzene rings is 1. The van der Waals surface area contributed by atoms with Crippen LogP contribution in [0, 0.1) is 11.7 Å². The van der Waals surface area contributed by atoms with E-state index in [9.17, 15) is 18.0 Å². The van der Waals surface area contributed by atoms with Gasteiger partial charge in [0.25, 0.3) is 5.92 Å². The van der Waals surface area contributed by atoms with Crippen molar-refractivity contribution in [3.05, 3.63) is 30.1 Å². The van der Waals surface area contributed by atoms with Crippen LogP contribution in [0.4, 0.5) is 13.2 Å². The zero-order valence-electron chi connectivity index (χ0n) is 9.53. The van der Waals surface area contributed by atoms with Gasteiger partial charge in [-0.2, -0.15) is 0 Å². The molecule has 0 radical (unpaired) electrons. The standard InChI is InChI=1S/C12H11F3O2S/c1-2-17-11(16)9-10(12(9,14)15)18-8-5-3-7(13)4-6-8/h3-6,9-10H,2H2,1H3. The Balaban J connectivity index is 2.02. The Morgan fingerprint density at radius 1 is 1.39 bits per heavy atom. The maximum atomic E-state index is 13.4. The molecule has 1 aromatic rings. The number of esters is 1. The van der Waals surface area contributed by atoms with Crippen LogP contribution in [0.2, 0.25) is 0 Å². The van der Waals surface area contributed by atoms with E-state index in [2.05, 4.69) is 4.74 Å². The Labute approximate surface area is 107 Å². The van der Waals surface area contributed by atoms with Crippen LogP contribution in [0.25, 0.3) is 0 Å². The summed E-state index contributed by atoms with van der Waals surface area (Å²) in [6.45, 7) is 1.65. The second-order valence-electron chi connectivity index (χ2n) is 3.90. The fourth-order valence-corrected chi connectivity index (χ4v) is 2.86. The van der Waals surface area contributed by atoms with E-state index < -0.39 is 28.9 Å². The van der Waals surface area contributed by atoms with Crippen molar-refractivity contribution < 1.29 is 22.7 Å². The summed E-state index contributed by atoms with van der Waals surface area (Å²) in [5.74, 6) is -5.75. The van der Waals surface area contributed by atoms with E-state index >= 15 is 0 Å². The van der Waals surface area contributed by atoms with Crippen molar-refractivity contribution in [2.75, 3.05) is 6.61 Å². The predicted octanol–water partition coefficient (Wildman–Crippen LogP) is 3.11. The van der Waals surface area contributed by atoms with Crippen molar-refractivity contribution in [2.24, 2.45) is 5.92 Å². The molecule has 98 valence electrons. The van der Waals surface area contributed by atoms with Crippen molar-refractivity contribution >= 4 is 17.7 Å². The van der Waals surface area contributed by atoms with Crippen molar-refractivity contribution in [3.8, 4) is 0 Å². The number of ether oxygens (including phenoxy) is 1. The maximum absolute atomic E-state index is 13.4. The van der Waals surface area contributed by atoms with E-state index in [1.165, 1.54) is 24.3 Å². The topological polar surface area (TPSA) is 26.3 Å². The molecule has 0 N–H and O–H groups in total. The highest BCUT2D eigenvalue weighted by Crippen LogP contribution is 2.58. The fraction of sp³-hybridized carbons (Fsp3) is 0.417. The Morgan fingerprint density at radius 3 is 2.56 bits per heavy atom. The largest absolute Gasteiger partial charge is 0.466 e. The molecular weight excluding hydrogens is 265 g/mol. The molecule has 0 bridgehead atoms. The normalized spacial score (nSPS) is 24.7. The molecule has 0 aliphatic heterocycles. The molecule has 0 heterocycles. The van der Waals surface area contributed by atoms with Gasteiger partial charge in [0.15, 0.2) is 0 Å². The first-order valence-electron chi connectivity index (χ1n) is 5.43. The second-order valence-corrected chi connectivity index (χ2v) is 5.11. The molecule has 2 atom stereocenters. The van der Waals surface area contributed by atoms with Gasteiger partial charge in [-0.15, -0.1) is 11.8 Å². The number of thioether (sulfide) groups is 1. The molecule has 0 amide bonds. The lowest BCUT2D eigenvalue weighted by atomic mass is 10.4. The molecule has 18 heavy (non-hydrogen) atoms. The van der Waals surface area contributed by atoms with Gasteiger partial charge in [0.2, 0.25) is 0 Å². The molecule has 0 spiro atoms. The molecule has 1 aliphatic carbocycles. The van der Waals surface area contributed by atoms with Crippen LogP contribution < -0.4 is 0 Å². The van der Waals surface area contributed by atoms with Gasteiger partial charge >= 0.3 is 5.97 Å². The summed E-state index contributed by atoms with van der Waals surface area (Å²) in [5, 5.41) is -1.12. The van der Waals surface area contributed by atoms with Gasteiger partial charge in [0, 0.05) is 4.90 Å². The predicted molar refractivity (Wildman–Crippen MR) is 61.1 cm³/mol. The molecule has 1 saturated carbocycles. The van der Waals surface area contributed by atoms with Gasteiger partial charge < -0.3 is 4.74 Å². The zero-order valence-corrected chi connectivity index (χ0v) is 10.3. The highest BCUT2D eigenvalue weighted by atomic mass is 32.2. The van der Waals surface area contributed by atoms with E-state index in [-0.39, 0.29) is 6.61 Å². The summed E-state index contributed by atoms with van der Waals surface area (Å²) >= 11 is 0.870. The highest BCUT2D eigenvalue weighted by Gasteiger charge is 2.73. The van der Waals surface area contributed by atoms with Crippen LogP contribution in [-0.4, -0.2) is 23.7 Å². The molecule has 2 unspecified atom stereocenters. The van der Waals surface area contributed by atoms with Crippen molar-refractivity contribution in [3.63, 3.8) is 0 Å². The summed E-state index contributed by atoms with van der Waals surface area (Å²) in [7, 11) is 0. The SMILES string of the molecule is CCOC(=O)C1C(Sc2ccc(F)cc2)C1(F)F. The van der Waals surface area contributed by atoms with Crippen molar-refractivity contribution in [1.82, 2.24) is 0 Å². The molecule has 6 heteroatoms. The second kappa shape index (κ2) is 4.84. The highest BCUT2D eigenvalue weighted by molar-refractivity contribution is 8.00. The van der Waals surface area contributed by atoms with E-state index in [1.807, 2.05) is 0 Å². The first-order valence-corrected chi connectivity index (χ1v) is 6.31. The number of carbonyl (C=O) groups is 1. The van der Waals surface area contributed by atoms with E-state index in [0.717, 1.165) is 11.8 Å². The molecule has 1 aliphatic rings. The quantitative estimate of drug-likeness (QED) is 0.790. The third-order valence-corrected chi connectivity index (χ3v) is 3.99. The number of alkyl halides is 2. The van der Waals surface area contributed by atoms with Crippen LogP contribution >= 0.6 is 11.8 Å². The Hall–Kier alpha value is -1.17. The minimum absolute atomic E-state index is 0.0827. The molecule has 0 aromatic heterocycles. The maximum Gasteiger partial charge on any atom is 0.316 e. The number of rotatable bonds is 4. The third kappa shape index (κ3) is 2.48. The average Bonchev–Trinajstić information content (AvgIpc) is 2.84. The fourth-order valence-electron chi connectivity index (χ4n) is 1.62. The number of hydrogen-bond acceptors (Lipinski definition) is 3. The van der Waals surface area contributed by atoms with E-state index in [0.29, 0.717) is 4.90 Å². The first kappa shape index (κ1) is 13.3. The molecule has 1 aromatic carbocycles. The molecular formula is C12H11F3O2S. The molecule has 0 saturated heterocycles. The van der Waals surface area contributed by atoms with Gasteiger partial charge in [-0.3, -0.25) is 4.79 Å². The Kier molecular flexibility index (Phi) is 3.56. The summed E-state index contributed by atoms with van der Waals surface area (Å²) in [6, 6.07) is 5.22. The van der Waals surface area contributed by atoms with Gasteiger partial charge in [0.1, 0.15) is 11.7 Å². The first-order chi connectivity index (χ1) is 8.46. The molecule has 2 rings (SSSR count). The third-order valence-electron chi connectivity index (χ3n) is 2.60. The summed E-state index contributed by atoms with van der Waals surface area (Å²) < 4.78 is 44.1. The minimum Gasteiger partial charge on any atom is -0.466 e. The molecule has 2 nitrogen and oxygen atoms in total. The Morgan fingerprint density at radius 2 is 2.00 bits per heavy atom. The minimum atomic E-state index is -3.05. The zero-order chi connectivity index (χ0) is 13.3. The number of hydrogen-bond donors (Lipinski definition) is 0. The lowest BCUT2D eigenvalue weighted by Crippen LogP contribution is -2.11. The summed E-state index contributed by atoms with van der Waals surface area (Å²) in [5.41, 5.74) is 0. The van der Waals surface area contributed by atoms with Gasteiger partial charge in [-0.25, -0.2) is 13.2 Å². The smallest absolute Gasteiger partial charge is 0.316 e. The van der Waals surface area contributed by atoms with Gasteiger partial charge in [-0.05, 0) is 31.2 Å². The van der Waals surface area contributed by atoms with Crippen LogP contribution in [0.5, 0.6) is 0 Å². The Bertz CT molecular complexity index is 447. The number of halogens is 3. The van der Waals surface area contributed by atoms with Gasteiger partial charge in [-0.1, -0.05) is 0 Å². The summed E-state index contributed by atoms with van der Waals surface area (Å²) in [6.07, 6.45) is 0. The average molecular weight is 276 g/mol. The van der Waals surface area contributed by atoms with Gasteiger partial charge in [0.05, 0.1) is 11.9 Å². The van der Waals surface area contributed by atoms with Crippen LogP contribution in [0.1, 0.15) is 6.92 Å². The lowest BCUT2D eigenvalue weighted by molar-refractivity contribution is -0.147. The lowest BCUT2D eigenvalue weighted by Gasteiger charge is -1.99. The number of carbonyl (C=O) groups excluding carboxylic acids is 1. The van der Waals surface area contributed by atoms with E-state index in [1.54, 1.807) is 6.92 Å². The van der Waals surface area contributed by atoms with Crippen LogP contribution in [0.15, 0.2) is 29.2 Å². The van der Waals surface area contributed by atoms with Crippen LogP contribution in [-0.2, 0) is 9.53 Å². The van der Waals surface area contributed by atoms with E-state index in [4.69, 9.17) is 0 Å². The van der Waals surface area contributed by atoms with Crippen molar-refractivity contribution in [1.29, 1.82) is 0 Å². The van der Waals surface area contributed by atoms with Crippen molar-refractivity contribution in [2.45, 2.75) is 23.0 Å². The van der Waals surface area contributed by atoms with Crippen LogP contribution in [0.3, 0.4) is 0 Å². The molecule has 1 fully saturated rings. The monoisotopic (exact) mass is 276 g/mol. The summed E-state index contributed by atoms with van der Waals surface area (Å²) in [4.78, 5) is 11.8.